The molecular weight excluding hydrogens is 679 g/mol. The maximum atomic E-state index is 6.36. The van der Waals surface area contributed by atoms with Crippen molar-refractivity contribution in [2.75, 3.05) is 4.90 Å². The number of rotatable bonds is 6. The van der Waals surface area contributed by atoms with Gasteiger partial charge in [0.05, 0.1) is 5.69 Å². The first-order valence-corrected chi connectivity index (χ1v) is 20.3. The lowest BCUT2D eigenvalue weighted by molar-refractivity contribution is 0.445. The molecule has 1 heterocycles. The summed E-state index contributed by atoms with van der Waals surface area (Å²) in [6.45, 7) is 2.40. The van der Waals surface area contributed by atoms with E-state index >= 15 is 0 Å². The zero-order chi connectivity index (χ0) is 37.2. The van der Waals surface area contributed by atoms with Gasteiger partial charge in [-0.25, -0.2) is 0 Å². The van der Waals surface area contributed by atoms with Crippen LogP contribution in [0.4, 0.5) is 17.1 Å². The number of hydrogen-bond acceptors (Lipinski definition) is 2. The van der Waals surface area contributed by atoms with E-state index in [0.717, 1.165) is 39.0 Å². The van der Waals surface area contributed by atoms with Crippen molar-refractivity contribution >= 4 is 49.8 Å². The van der Waals surface area contributed by atoms with Gasteiger partial charge in [-0.05, 0) is 118 Å². The summed E-state index contributed by atoms with van der Waals surface area (Å²) in [6, 6.07) is 65.2. The third-order valence-electron chi connectivity index (χ3n) is 12.9. The van der Waals surface area contributed by atoms with Gasteiger partial charge in [0.15, 0.2) is 0 Å². The molecule has 1 atom stereocenters. The van der Waals surface area contributed by atoms with Gasteiger partial charge in [-0.3, -0.25) is 0 Å². The highest BCUT2D eigenvalue weighted by Gasteiger charge is 2.41. The molecule has 2 nitrogen and oxygen atoms in total. The number of anilines is 3. The Hall–Kier alpha value is -6.38. The first kappa shape index (κ1) is 33.0. The number of hydrogen-bond donors (Lipinski definition) is 0. The van der Waals surface area contributed by atoms with E-state index in [9.17, 15) is 0 Å². The van der Waals surface area contributed by atoms with Crippen molar-refractivity contribution in [1.82, 2.24) is 0 Å². The average Bonchev–Trinajstić information content (AvgIpc) is 3.77. The van der Waals surface area contributed by atoms with Crippen LogP contribution < -0.4 is 4.90 Å². The van der Waals surface area contributed by atoms with Crippen LogP contribution in [0.1, 0.15) is 67.2 Å². The van der Waals surface area contributed by atoms with E-state index in [0.29, 0.717) is 5.92 Å². The van der Waals surface area contributed by atoms with Gasteiger partial charge in [0, 0.05) is 33.1 Å². The molecule has 2 aliphatic rings. The van der Waals surface area contributed by atoms with E-state index in [1.165, 1.54) is 87.4 Å². The lowest BCUT2D eigenvalue weighted by Crippen LogP contribution is -2.22. The zero-order valence-corrected chi connectivity index (χ0v) is 31.7. The minimum absolute atomic E-state index is 0.316. The van der Waals surface area contributed by atoms with E-state index < -0.39 is 0 Å². The molecule has 1 unspecified atom stereocenters. The summed E-state index contributed by atoms with van der Waals surface area (Å²) >= 11 is 0. The van der Waals surface area contributed by atoms with Crippen LogP contribution in [0, 0.1) is 0 Å². The maximum absolute atomic E-state index is 6.36. The van der Waals surface area contributed by atoms with Gasteiger partial charge in [0.2, 0.25) is 0 Å². The van der Waals surface area contributed by atoms with Crippen molar-refractivity contribution in [3.8, 4) is 22.3 Å². The van der Waals surface area contributed by atoms with E-state index in [1.807, 2.05) is 6.07 Å². The van der Waals surface area contributed by atoms with Crippen molar-refractivity contribution in [3.63, 3.8) is 0 Å². The van der Waals surface area contributed by atoms with Crippen LogP contribution in [0.15, 0.2) is 180 Å². The summed E-state index contributed by atoms with van der Waals surface area (Å²) in [4.78, 5) is 2.49. The van der Waals surface area contributed by atoms with Crippen molar-refractivity contribution < 1.29 is 4.42 Å². The minimum atomic E-state index is -0.316. The summed E-state index contributed by atoms with van der Waals surface area (Å²) < 4.78 is 6.36. The lowest BCUT2D eigenvalue weighted by atomic mass is 9.74. The van der Waals surface area contributed by atoms with E-state index in [-0.39, 0.29) is 5.41 Å². The Kier molecular flexibility index (Phi) is 7.74. The lowest BCUT2D eigenvalue weighted by Gasteiger charge is -2.32. The summed E-state index contributed by atoms with van der Waals surface area (Å²) in [5, 5.41) is 4.96. The fourth-order valence-electron chi connectivity index (χ4n) is 10.2. The number of fused-ring (bicyclic) bond motifs is 7. The number of para-hydroxylation sites is 2. The molecule has 2 aliphatic carbocycles. The van der Waals surface area contributed by atoms with Crippen molar-refractivity contribution in [1.29, 1.82) is 0 Å². The van der Waals surface area contributed by atoms with Crippen LogP contribution in [0.25, 0.3) is 55.0 Å². The second-order valence-corrected chi connectivity index (χ2v) is 16.0. The highest BCUT2D eigenvalue weighted by Crippen LogP contribution is 2.54. The number of furan rings is 1. The molecule has 11 rings (SSSR count). The fraction of sp³-hybridized carbons (Fsp3) is 0.148. The number of benzene rings is 8. The topological polar surface area (TPSA) is 16.4 Å². The zero-order valence-electron chi connectivity index (χ0n) is 31.7. The van der Waals surface area contributed by atoms with Crippen molar-refractivity contribution in [2.45, 2.75) is 50.4 Å². The standard InChI is InChI=1S/C54H43NO/c1-54(38-20-6-3-7-21-38)48-27-11-8-22-42(48)43-32-30-40(35-49(43)54)55(39-31-33-52-47(34-39)45-24-10-13-29-51(45)56-52)50-28-12-9-23-44(50)46-26-15-19-37-18-14-25-41(53(37)46)36-16-4-2-5-17-36/h3,6-15,18-36H,2,4-5,16-17H2,1H3. The third-order valence-corrected chi connectivity index (χ3v) is 12.9. The minimum Gasteiger partial charge on any atom is -0.456 e. The smallest absolute Gasteiger partial charge is 0.135 e. The Labute approximate surface area is 328 Å². The Morgan fingerprint density at radius 1 is 0.500 bits per heavy atom. The average molecular weight is 722 g/mol. The summed E-state index contributed by atoms with van der Waals surface area (Å²) in [6.07, 6.45) is 6.48. The first-order valence-electron chi connectivity index (χ1n) is 20.3. The summed E-state index contributed by atoms with van der Waals surface area (Å²) in [5.41, 5.74) is 15.5. The first-order chi connectivity index (χ1) is 27.7. The van der Waals surface area contributed by atoms with E-state index in [1.54, 1.807) is 0 Å². The molecule has 0 bridgehead atoms. The molecule has 1 fully saturated rings. The molecule has 1 saturated carbocycles. The molecule has 8 aromatic carbocycles. The summed E-state index contributed by atoms with van der Waals surface area (Å²) in [5.74, 6) is 0.586. The molecule has 0 aliphatic heterocycles. The van der Waals surface area contributed by atoms with Crippen LogP contribution in [0.3, 0.4) is 0 Å². The molecule has 0 amide bonds. The number of nitrogens with zero attached hydrogens (tertiary/aromatic N) is 1. The molecule has 0 N–H and O–H groups in total. The molecular formula is C54H43NO. The third kappa shape index (κ3) is 5.09. The predicted molar refractivity (Wildman–Crippen MR) is 235 cm³/mol. The van der Waals surface area contributed by atoms with Crippen molar-refractivity contribution in [3.05, 3.63) is 198 Å². The Balaban J connectivity index is 1.17. The van der Waals surface area contributed by atoms with Crippen LogP contribution in [0.2, 0.25) is 0 Å². The predicted octanol–water partition coefficient (Wildman–Crippen LogP) is 15.3. The van der Waals surface area contributed by atoms with Gasteiger partial charge in [-0.2, -0.15) is 0 Å². The largest absolute Gasteiger partial charge is 0.456 e. The molecule has 56 heavy (non-hydrogen) atoms. The molecule has 9 aromatic rings. The Morgan fingerprint density at radius 3 is 2.04 bits per heavy atom. The molecule has 270 valence electrons. The van der Waals surface area contributed by atoms with Gasteiger partial charge in [0.1, 0.15) is 11.2 Å². The Morgan fingerprint density at radius 2 is 1.16 bits per heavy atom. The summed E-state index contributed by atoms with van der Waals surface area (Å²) in [7, 11) is 0. The van der Waals surface area contributed by atoms with E-state index in [4.69, 9.17) is 4.42 Å². The van der Waals surface area contributed by atoms with Gasteiger partial charge in [0.25, 0.3) is 0 Å². The maximum Gasteiger partial charge on any atom is 0.135 e. The normalized spacial score (nSPS) is 16.7. The van der Waals surface area contributed by atoms with E-state index in [2.05, 4.69) is 182 Å². The highest BCUT2D eigenvalue weighted by atomic mass is 16.3. The Bertz CT molecular complexity index is 2930. The second kappa shape index (κ2) is 13.1. The molecule has 0 saturated heterocycles. The fourth-order valence-corrected chi connectivity index (χ4v) is 10.2. The van der Waals surface area contributed by atoms with Crippen LogP contribution in [-0.2, 0) is 5.41 Å². The van der Waals surface area contributed by atoms with Gasteiger partial charge in [-0.15, -0.1) is 0 Å². The van der Waals surface area contributed by atoms with Crippen LogP contribution >= 0.6 is 0 Å². The van der Waals surface area contributed by atoms with Gasteiger partial charge < -0.3 is 9.32 Å². The highest BCUT2D eigenvalue weighted by molar-refractivity contribution is 6.08. The monoisotopic (exact) mass is 721 g/mol. The second-order valence-electron chi connectivity index (χ2n) is 16.0. The van der Waals surface area contributed by atoms with Gasteiger partial charge >= 0.3 is 0 Å². The van der Waals surface area contributed by atoms with Crippen LogP contribution in [-0.4, -0.2) is 0 Å². The molecule has 0 spiro atoms. The SMILES string of the molecule is CC1(c2ccccc2)c2ccccc2-c2ccc(N(c3ccc4oc5ccccc5c4c3)c3ccccc3-c3cccc4cccc(C5CCCCC5)c34)cc21. The molecule has 1 aromatic heterocycles. The van der Waals surface area contributed by atoms with Crippen LogP contribution in [0.5, 0.6) is 0 Å². The quantitative estimate of drug-likeness (QED) is 0.170. The molecule has 2 heteroatoms. The van der Waals surface area contributed by atoms with Crippen molar-refractivity contribution in [2.24, 2.45) is 0 Å². The molecule has 0 radical (unpaired) electrons. The van der Waals surface area contributed by atoms with Gasteiger partial charge in [-0.1, -0.05) is 153 Å².